The van der Waals surface area contributed by atoms with Gasteiger partial charge in [0.1, 0.15) is 0 Å². The maximum Gasteiger partial charge on any atom is 0.164 e. The summed E-state index contributed by atoms with van der Waals surface area (Å²) in [6.07, 6.45) is 0. The predicted octanol–water partition coefficient (Wildman–Crippen LogP) is 10.6. The zero-order valence-corrected chi connectivity index (χ0v) is 23.1. The number of thiophene rings is 1. The van der Waals surface area contributed by atoms with E-state index in [0.717, 1.165) is 22.5 Å². The molecule has 6 aromatic carbocycles. The van der Waals surface area contributed by atoms with Gasteiger partial charge in [0.15, 0.2) is 17.5 Å². The largest absolute Gasteiger partial charge is 0.208 e. The highest BCUT2D eigenvalue weighted by atomic mass is 32.1. The van der Waals surface area contributed by atoms with E-state index in [-0.39, 0.29) is 66.4 Å². The lowest BCUT2D eigenvalue weighted by molar-refractivity contribution is 1.07. The summed E-state index contributed by atoms with van der Waals surface area (Å²) < 4.78 is 96.3. The molecule has 2 aromatic heterocycles. The van der Waals surface area contributed by atoms with Crippen LogP contribution in [0.15, 0.2) is 151 Å². The molecule has 0 fully saturated rings. The average molecular weight is 579 g/mol. The number of fused-ring (bicyclic) bond motifs is 3. The van der Waals surface area contributed by atoms with Gasteiger partial charge in [-0.2, -0.15) is 0 Å². The lowest BCUT2D eigenvalue weighted by Crippen LogP contribution is -2.00. The zero-order valence-electron chi connectivity index (χ0n) is 33.3. The Hall–Kier alpha value is -5.45. The van der Waals surface area contributed by atoms with Crippen LogP contribution in [0.3, 0.4) is 0 Å². The summed E-state index contributed by atoms with van der Waals surface area (Å²) in [6, 6.07) is 20.9. The van der Waals surface area contributed by atoms with Gasteiger partial charge in [0.2, 0.25) is 0 Å². The minimum absolute atomic E-state index is 0.00195. The monoisotopic (exact) mass is 578 g/mol. The molecule has 0 radical (unpaired) electrons. The van der Waals surface area contributed by atoms with Crippen LogP contribution >= 0.6 is 11.3 Å². The Balaban J connectivity index is 1.41. The van der Waals surface area contributed by atoms with Gasteiger partial charge >= 0.3 is 0 Å². The molecular formula is C39H25N3S. The van der Waals surface area contributed by atoms with Gasteiger partial charge in [0, 0.05) is 36.9 Å². The van der Waals surface area contributed by atoms with E-state index in [1.807, 2.05) is 84.9 Å². The highest BCUT2D eigenvalue weighted by Gasteiger charge is 2.15. The van der Waals surface area contributed by atoms with Crippen molar-refractivity contribution in [3.05, 3.63) is 151 Å². The van der Waals surface area contributed by atoms with Gasteiger partial charge in [-0.1, -0.05) is 139 Å². The summed E-state index contributed by atoms with van der Waals surface area (Å²) in [6.45, 7) is 0. The Morgan fingerprint density at radius 1 is 0.442 bits per heavy atom. The lowest BCUT2D eigenvalue weighted by Gasteiger charge is -2.09. The van der Waals surface area contributed by atoms with Crippen LogP contribution in [0.1, 0.15) is 15.1 Å². The highest BCUT2D eigenvalue weighted by molar-refractivity contribution is 7.26. The summed E-state index contributed by atoms with van der Waals surface area (Å²) in [5.41, 5.74) is 2.65. The molecule has 2 heterocycles. The Morgan fingerprint density at radius 3 is 1.72 bits per heavy atom. The second kappa shape index (κ2) is 10.8. The topological polar surface area (TPSA) is 38.7 Å². The number of hydrogen-bond donors (Lipinski definition) is 0. The summed E-state index contributed by atoms with van der Waals surface area (Å²) in [4.78, 5) is 14.2. The van der Waals surface area contributed by atoms with Crippen LogP contribution in [0.5, 0.6) is 0 Å². The number of rotatable bonds is 5. The number of benzene rings is 6. The van der Waals surface area contributed by atoms with Crippen LogP contribution in [-0.2, 0) is 0 Å². The smallest absolute Gasteiger partial charge is 0.164 e. The van der Waals surface area contributed by atoms with Crippen molar-refractivity contribution in [3.8, 4) is 56.4 Å². The summed E-state index contributed by atoms with van der Waals surface area (Å²) in [7, 11) is 0. The van der Waals surface area contributed by atoms with E-state index in [0.29, 0.717) is 11.1 Å². The maximum absolute atomic E-state index is 9.45. The lowest BCUT2D eigenvalue weighted by atomic mass is 9.99. The molecule has 0 aliphatic carbocycles. The second-order valence-electron chi connectivity index (χ2n) is 9.63. The molecule has 0 bridgehead atoms. The van der Waals surface area contributed by atoms with Gasteiger partial charge in [-0.25, -0.2) is 15.0 Å². The van der Waals surface area contributed by atoms with E-state index in [9.17, 15) is 4.11 Å². The zero-order chi connectivity index (χ0) is 38.2. The molecule has 0 saturated carbocycles. The van der Waals surface area contributed by atoms with Gasteiger partial charge in [0.25, 0.3) is 0 Å². The maximum atomic E-state index is 9.45. The molecule has 8 rings (SSSR count). The molecule has 0 aliphatic heterocycles. The van der Waals surface area contributed by atoms with Crippen molar-refractivity contribution in [2.24, 2.45) is 0 Å². The first kappa shape index (κ1) is 16.3. The molecule has 43 heavy (non-hydrogen) atoms. The Morgan fingerprint density at radius 2 is 1.02 bits per heavy atom. The first-order valence-electron chi connectivity index (χ1n) is 18.9. The third-order valence-electron chi connectivity index (χ3n) is 6.96. The Kier molecular flexibility index (Phi) is 4.06. The van der Waals surface area contributed by atoms with Crippen LogP contribution < -0.4 is 0 Å². The van der Waals surface area contributed by atoms with Crippen LogP contribution in [0.25, 0.3) is 76.6 Å². The molecule has 0 unspecified atom stereocenters. The third kappa shape index (κ3) is 4.78. The summed E-state index contributed by atoms with van der Waals surface area (Å²) in [5.74, 6) is 0.516. The van der Waals surface area contributed by atoms with Crippen molar-refractivity contribution in [3.63, 3.8) is 0 Å². The van der Waals surface area contributed by atoms with Crippen LogP contribution in [0, 0.1) is 0 Å². The summed E-state index contributed by atoms with van der Waals surface area (Å²) in [5, 5.41) is -0.00970. The second-order valence-corrected chi connectivity index (χ2v) is 10.6. The highest BCUT2D eigenvalue weighted by Crippen LogP contribution is 2.41. The molecule has 0 amide bonds. The fraction of sp³-hybridized carbons (Fsp3) is 0. The van der Waals surface area contributed by atoms with E-state index < -0.39 is 54.4 Å². The van der Waals surface area contributed by atoms with E-state index in [2.05, 4.69) is 0 Å². The van der Waals surface area contributed by atoms with Gasteiger partial charge in [-0.3, -0.25) is 0 Å². The molecule has 202 valence electrons. The van der Waals surface area contributed by atoms with Gasteiger partial charge < -0.3 is 0 Å². The van der Waals surface area contributed by atoms with Crippen LogP contribution in [-0.4, -0.2) is 15.0 Å². The predicted molar refractivity (Wildman–Crippen MR) is 180 cm³/mol. The molecule has 0 N–H and O–H groups in total. The van der Waals surface area contributed by atoms with Crippen LogP contribution in [0.2, 0.25) is 0 Å². The average Bonchev–Trinajstić information content (AvgIpc) is 3.60. The molecule has 8 aromatic rings. The SMILES string of the molecule is [2H]c1c([2H])c([2H])c(-c2c([2H])c([2H])c([2H])c3sc4c([2H])c(-c5nc(-c6ccccc6)nc(-c6ccc(-c7ccccc7)cc6)n5)c([2H])c([2H])c4c23)c([2H])c1[2H]. The van der Waals surface area contributed by atoms with Crippen molar-refractivity contribution >= 4 is 31.5 Å². The standard InChI is InChI=1S/C39H25N3S/c1-4-11-26(12-5-1)27-19-21-30(22-20-27)38-40-37(29-15-8-3-9-16-29)41-39(42-38)31-23-24-33-35(25-31)43-34-18-10-17-32(36(33)34)28-13-6-2-7-14-28/h1-25H/i2D,6D,7D,10D,13D,14D,17D,18D,23D,24D,25D. The third-order valence-corrected chi connectivity index (χ3v) is 7.98. The van der Waals surface area contributed by atoms with Crippen molar-refractivity contribution < 1.29 is 15.1 Å². The van der Waals surface area contributed by atoms with E-state index >= 15 is 0 Å². The van der Waals surface area contributed by atoms with Crippen molar-refractivity contribution in [1.29, 1.82) is 0 Å². The summed E-state index contributed by atoms with van der Waals surface area (Å²) >= 11 is 0.896. The quantitative estimate of drug-likeness (QED) is 0.204. The first-order valence-corrected chi connectivity index (χ1v) is 14.2. The van der Waals surface area contributed by atoms with E-state index in [4.69, 9.17) is 25.9 Å². The molecule has 0 atom stereocenters. The normalized spacial score (nSPS) is 14.8. The van der Waals surface area contributed by atoms with Gasteiger partial charge in [-0.15, -0.1) is 11.3 Å². The Bertz CT molecular complexity index is 2800. The van der Waals surface area contributed by atoms with Gasteiger partial charge in [0.05, 0.1) is 15.1 Å². The Labute approximate surface area is 269 Å². The van der Waals surface area contributed by atoms with Crippen molar-refractivity contribution in [1.82, 2.24) is 15.0 Å². The van der Waals surface area contributed by atoms with Crippen molar-refractivity contribution in [2.75, 3.05) is 0 Å². The molecule has 4 heteroatoms. The number of hydrogen-bond acceptors (Lipinski definition) is 4. The number of nitrogens with zero attached hydrogens (tertiary/aromatic N) is 3. The first-order chi connectivity index (χ1) is 25.9. The van der Waals surface area contributed by atoms with E-state index in [1.165, 1.54) is 0 Å². The molecule has 0 aliphatic rings. The fourth-order valence-electron chi connectivity index (χ4n) is 4.90. The fourth-order valence-corrected chi connectivity index (χ4v) is 5.92. The minimum atomic E-state index is -0.648. The molecule has 0 saturated heterocycles. The molecular weight excluding hydrogens is 543 g/mol. The van der Waals surface area contributed by atoms with Crippen LogP contribution in [0.4, 0.5) is 0 Å². The van der Waals surface area contributed by atoms with E-state index in [1.54, 1.807) is 0 Å². The molecule has 3 nitrogen and oxygen atoms in total. The molecule has 0 spiro atoms. The van der Waals surface area contributed by atoms with Crippen molar-refractivity contribution in [2.45, 2.75) is 0 Å². The minimum Gasteiger partial charge on any atom is -0.208 e. The number of aromatic nitrogens is 3. The van der Waals surface area contributed by atoms with Gasteiger partial charge in [-0.05, 0) is 34.3 Å².